The number of carbonyl (C=O) groups excluding carboxylic acids is 1. The van der Waals surface area contributed by atoms with Crippen molar-refractivity contribution in [3.63, 3.8) is 0 Å². The van der Waals surface area contributed by atoms with Crippen molar-refractivity contribution in [1.82, 2.24) is 14.6 Å². The number of sulfonamides is 1. The molecule has 3 heterocycles. The van der Waals surface area contributed by atoms with Gasteiger partial charge in [0.05, 0.1) is 12.8 Å². The highest BCUT2D eigenvalue weighted by Gasteiger charge is 2.21. The number of nitrogens with one attached hydrogen (secondary N) is 2. The molecule has 30 heavy (non-hydrogen) atoms. The van der Waals surface area contributed by atoms with Crippen LogP contribution in [-0.4, -0.2) is 32.2 Å². The predicted molar refractivity (Wildman–Crippen MR) is 107 cm³/mol. The second kappa shape index (κ2) is 8.25. The highest BCUT2D eigenvalue weighted by molar-refractivity contribution is 7.89. The van der Waals surface area contributed by atoms with Gasteiger partial charge in [-0.25, -0.2) is 13.1 Å². The molecule has 4 rings (SSSR count). The van der Waals surface area contributed by atoms with Crippen LogP contribution in [0.15, 0.2) is 58.2 Å². The van der Waals surface area contributed by atoms with Gasteiger partial charge >= 0.3 is 0 Å². The van der Waals surface area contributed by atoms with Crippen LogP contribution < -0.4 is 19.5 Å². The van der Waals surface area contributed by atoms with E-state index >= 15 is 0 Å². The Labute approximate surface area is 173 Å². The monoisotopic (exact) mass is 431 g/mol. The molecule has 1 aliphatic rings. The van der Waals surface area contributed by atoms with E-state index in [1.807, 2.05) is 18.2 Å². The van der Waals surface area contributed by atoms with E-state index in [9.17, 15) is 13.2 Å². The molecule has 9 nitrogen and oxygen atoms in total. The number of furan rings is 1. The molecule has 1 amide bonds. The molecule has 0 radical (unpaired) electrons. The van der Waals surface area contributed by atoms with Crippen LogP contribution in [0.1, 0.15) is 21.8 Å². The molecule has 2 N–H and O–H groups in total. The van der Waals surface area contributed by atoms with Gasteiger partial charge in [0.15, 0.2) is 11.5 Å². The number of hydrogen-bond acceptors (Lipinski definition) is 6. The van der Waals surface area contributed by atoms with E-state index in [0.29, 0.717) is 30.2 Å². The molecule has 3 aromatic rings. The van der Waals surface area contributed by atoms with Gasteiger partial charge in [0, 0.05) is 19.8 Å². The summed E-state index contributed by atoms with van der Waals surface area (Å²) in [6.45, 7) is 0.633. The number of carbonyl (C=O) groups is 1. The lowest BCUT2D eigenvalue weighted by atomic mass is 10.1. The lowest BCUT2D eigenvalue weighted by molar-refractivity contribution is 0.0946. The van der Waals surface area contributed by atoms with Crippen LogP contribution in [0.3, 0.4) is 0 Å². The van der Waals surface area contributed by atoms with Crippen molar-refractivity contribution < 1.29 is 27.1 Å². The molecule has 0 bridgehead atoms. The van der Waals surface area contributed by atoms with E-state index in [0.717, 1.165) is 5.56 Å². The van der Waals surface area contributed by atoms with Crippen LogP contribution >= 0.6 is 0 Å². The van der Waals surface area contributed by atoms with Crippen molar-refractivity contribution in [2.75, 3.05) is 13.3 Å². The van der Waals surface area contributed by atoms with E-state index in [-0.39, 0.29) is 29.8 Å². The van der Waals surface area contributed by atoms with Gasteiger partial charge in [-0.2, -0.15) is 0 Å². The molecule has 0 atom stereocenters. The van der Waals surface area contributed by atoms with Gasteiger partial charge in [0.1, 0.15) is 16.3 Å². The van der Waals surface area contributed by atoms with Crippen LogP contribution in [0.2, 0.25) is 0 Å². The number of aromatic nitrogens is 1. The van der Waals surface area contributed by atoms with Gasteiger partial charge in [-0.3, -0.25) is 4.79 Å². The summed E-state index contributed by atoms with van der Waals surface area (Å²) in [7, 11) is -2.15. The second-order valence-corrected chi connectivity index (χ2v) is 8.54. The fourth-order valence-electron chi connectivity index (χ4n) is 3.08. The van der Waals surface area contributed by atoms with E-state index in [1.54, 1.807) is 19.2 Å². The molecule has 10 heteroatoms. The Bertz CT molecular complexity index is 1150. The normalized spacial score (nSPS) is 12.8. The Morgan fingerprint density at radius 3 is 2.80 bits per heavy atom. The Kier molecular flexibility index (Phi) is 5.51. The lowest BCUT2D eigenvalue weighted by Crippen LogP contribution is -2.27. The second-order valence-electron chi connectivity index (χ2n) is 6.77. The number of ether oxygens (including phenoxy) is 2. The van der Waals surface area contributed by atoms with Gasteiger partial charge in [0.2, 0.25) is 16.8 Å². The van der Waals surface area contributed by atoms with E-state index in [2.05, 4.69) is 10.0 Å². The fourth-order valence-corrected chi connectivity index (χ4v) is 4.14. The summed E-state index contributed by atoms with van der Waals surface area (Å²) in [6, 6.07) is 10.3. The number of nitrogens with zero attached hydrogens (tertiary/aromatic N) is 1. The molecule has 0 unspecified atom stereocenters. The molecule has 0 spiro atoms. The number of hydrogen-bond donors (Lipinski definition) is 2. The Morgan fingerprint density at radius 1 is 1.17 bits per heavy atom. The third kappa shape index (κ3) is 4.34. The standard InChI is InChI=1S/C20H21N3O6S/c1-23-12-16(30(25,26)22-11-15-3-2-8-27-15)10-17(23)20(24)21-7-6-14-4-5-18-19(9-14)29-13-28-18/h2-5,8-10,12,22H,6-7,11,13H2,1H3,(H,21,24). The molecule has 0 saturated heterocycles. The minimum atomic E-state index is -3.78. The van der Waals surface area contributed by atoms with E-state index in [4.69, 9.17) is 13.9 Å². The number of benzene rings is 1. The molecule has 0 fully saturated rings. The highest BCUT2D eigenvalue weighted by atomic mass is 32.2. The van der Waals surface area contributed by atoms with Crippen molar-refractivity contribution in [2.24, 2.45) is 7.05 Å². The molecule has 2 aromatic heterocycles. The average Bonchev–Trinajstić information content (AvgIpc) is 3.47. The molecular weight excluding hydrogens is 410 g/mol. The molecule has 0 saturated carbocycles. The first-order chi connectivity index (χ1) is 14.4. The zero-order valence-electron chi connectivity index (χ0n) is 16.3. The summed E-state index contributed by atoms with van der Waals surface area (Å²) < 4.78 is 44.7. The third-order valence-electron chi connectivity index (χ3n) is 4.68. The van der Waals surface area contributed by atoms with Gasteiger partial charge in [0.25, 0.3) is 5.91 Å². The first-order valence-corrected chi connectivity index (χ1v) is 10.8. The zero-order chi connectivity index (χ0) is 21.1. The fraction of sp³-hybridized carbons (Fsp3) is 0.250. The Balaban J connectivity index is 1.35. The topological polar surface area (TPSA) is 112 Å². The van der Waals surface area contributed by atoms with Gasteiger partial charge in [-0.1, -0.05) is 6.07 Å². The van der Waals surface area contributed by atoms with Crippen molar-refractivity contribution in [1.29, 1.82) is 0 Å². The summed E-state index contributed by atoms with van der Waals surface area (Å²) in [5.74, 6) is 1.54. The predicted octanol–water partition coefficient (Wildman–Crippen LogP) is 1.80. The minimum Gasteiger partial charge on any atom is -0.468 e. The van der Waals surface area contributed by atoms with Gasteiger partial charge < -0.3 is 23.8 Å². The van der Waals surface area contributed by atoms with Crippen molar-refractivity contribution >= 4 is 15.9 Å². The van der Waals surface area contributed by atoms with Crippen LogP contribution in [-0.2, 0) is 30.0 Å². The van der Waals surface area contributed by atoms with Gasteiger partial charge in [-0.05, 0) is 42.3 Å². The third-order valence-corrected chi connectivity index (χ3v) is 6.04. The van der Waals surface area contributed by atoms with E-state index in [1.165, 1.54) is 23.1 Å². The molecule has 158 valence electrons. The maximum Gasteiger partial charge on any atom is 0.267 e. The molecule has 1 aliphatic heterocycles. The van der Waals surface area contributed by atoms with Crippen molar-refractivity contribution in [3.05, 3.63) is 65.9 Å². The van der Waals surface area contributed by atoms with Crippen LogP contribution in [0.5, 0.6) is 11.5 Å². The minimum absolute atomic E-state index is 0.0116. The van der Waals surface area contributed by atoms with Crippen molar-refractivity contribution in [2.45, 2.75) is 17.9 Å². The maximum absolute atomic E-state index is 12.5. The SMILES string of the molecule is Cn1cc(S(=O)(=O)NCc2ccco2)cc1C(=O)NCCc1ccc2c(c1)OCO2. The highest BCUT2D eigenvalue weighted by Crippen LogP contribution is 2.32. The molecule has 0 aliphatic carbocycles. The Morgan fingerprint density at radius 2 is 2.00 bits per heavy atom. The summed E-state index contributed by atoms with van der Waals surface area (Å²) in [6.07, 6.45) is 3.47. The summed E-state index contributed by atoms with van der Waals surface area (Å²) in [5.41, 5.74) is 1.25. The van der Waals surface area contributed by atoms with Crippen molar-refractivity contribution in [3.8, 4) is 11.5 Å². The van der Waals surface area contributed by atoms with Crippen LogP contribution in [0.4, 0.5) is 0 Å². The molecular formula is C20H21N3O6S. The first-order valence-electron chi connectivity index (χ1n) is 9.27. The summed E-state index contributed by atoms with van der Waals surface area (Å²) in [4.78, 5) is 12.5. The lowest BCUT2D eigenvalue weighted by Gasteiger charge is -2.07. The molecule has 1 aromatic carbocycles. The zero-order valence-corrected chi connectivity index (χ0v) is 17.1. The number of amides is 1. The van der Waals surface area contributed by atoms with Crippen LogP contribution in [0, 0.1) is 0 Å². The number of aryl methyl sites for hydroxylation is 1. The smallest absolute Gasteiger partial charge is 0.267 e. The quantitative estimate of drug-likeness (QED) is 0.563. The van der Waals surface area contributed by atoms with E-state index < -0.39 is 10.0 Å². The Hall–Kier alpha value is -3.24. The largest absolute Gasteiger partial charge is 0.468 e. The summed E-state index contributed by atoms with van der Waals surface area (Å²) >= 11 is 0. The summed E-state index contributed by atoms with van der Waals surface area (Å²) in [5, 5.41) is 2.81. The van der Waals surface area contributed by atoms with Gasteiger partial charge in [-0.15, -0.1) is 0 Å². The average molecular weight is 431 g/mol. The number of rotatable bonds is 8. The maximum atomic E-state index is 12.5. The number of fused-ring (bicyclic) bond motifs is 1. The van der Waals surface area contributed by atoms with Crippen LogP contribution in [0.25, 0.3) is 0 Å². The first kappa shape index (κ1) is 20.0.